The molecule has 34 heavy (non-hydrogen) atoms. The lowest BCUT2D eigenvalue weighted by molar-refractivity contribution is -0.126. The number of nitrogens with one attached hydrogen (secondary N) is 2. The predicted molar refractivity (Wildman–Crippen MR) is 129 cm³/mol. The van der Waals surface area contributed by atoms with Gasteiger partial charge in [-0.25, -0.2) is 10.4 Å². The second-order valence-electron chi connectivity index (χ2n) is 9.18. The topological polar surface area (TPSA) is 83.1 Å². The largest absolute Gasteiger partial charge is 0.494 e. The Morgan fingerprint density at radius 1 is 1.15 bits per heavy atom. The van der Waals surface area contributed by atoms with Crippen LogP contribution in [0.2, 0.25) is 0 Å². The van der Waals surface area contributed by atoms with Crippen LogP contribution in [0.25, 0.3) is 0 Å². The quantitative estimate of drug-likeness (QED) is 0.656. The number of nitrogens with zero attached hydrogens (tertiary/aromatic N) is 2. The van der Waals surface area contributed by atoms with Crippen LogP contribution in [-0.4, -0.2) is 61.7 Å². The second-order valence-corrected chi connectivity index (χ2v) is 9.18. The predicted octanol–water partition coefficient (Wildman–Crippen LogP) is 2.67. The van der Waals surface area contributed by atoms with Gasteiger partial charge >= 0.3 is 0 Å². The molecule has 180 valence electrons. The van der Waals surface area contributed by atoms with E-state index in [1.54, 1.807) is 5.01 Å². The number of piperidine rings is 1. The fourth-order valence-electron chi connectivity index (χ4n) is 5.21. The van der Waals surface area contributed by atoms with Crippen LogP contribution in [0.15, 0.2) is 54.6 Å². The molecule has 8 nitrogen and oxygen atoms in total. The summed E-state index contributed by atoms with van der Waals surface area (Å²) in [5.41, 5.74) is 4.86. The minimum Gasteiger partial charge on any atom is -0.494 e. The first-order valence-corrected chi connectivity index (χ1v) is 12.1. The SMILES string of the molecule is CCOc1ccc(NC(=O)C2CN(CC3CCCO3)CC3C(=O)N(c4ccccc4)NC23)cc1. The first-order valence-electron chi connectivity index (χ1n) is 12.1. The third kappa shape index (κ3) is 4.80. The molecule has 2 N–H and O–H groups in total. The normalized spacial score (nSPS) is 27.0. The summed E-state index contributed by atoms with van der Waals surface area (Å²) < 4.78 is 11.3. The molecule has 3 aliphatic heterocycles. The van der Waals surface area contributed by atoms with Crippen molar-refractivity contribution in [2.24, 2.45) is 11.8 Å². The summed E-state index contributed by atoms with van der Waals surface area (Å²) in [6.45, 7) is 5.25. The number of para-hydroxylation sites is 1. The van der Waals surface area contributed by atoms with E-state index in [4.69, 9.17) is 9.47 Å². The van der Waals surface area contributed by atoms with Gasteiger partial charge in [-0.1, -0.05) is 18.2 Å². The maximum atomic E-state index is 13.5. The van der Waals surface area contributed by atoms with Crippen LogP contribution < -0.4 is 20.5 Å². The Morgan fingerprint density at radius 2 is 1.94 bits per heavy atom. The first-order chi connectivity index (χ1) is 16.6. The maximum absolute atomic E-state index is 13.5. The molecule has 3 heterocycles. The van der Waals surface area contributed by atoms with Gasteiger partial charge in [-0.05, 0) is 56.2 Å². The number of ether oxygens (including phenoxy) is 2. The Hall–Kier alpha value is -2.94. The molecule has 2 aromatic carbocycles. The number of carbonyl (C=O) groups excluding carboxylic acids is 2. The fourth-order valence-corrected chi connectivity index (χ4v) is 5.21. The van der Waals surface area contributed by atoms with Crippen LogP contribution in [0.4, 0.5) is 11.4 Å². The number of carbonyl (C=O) groups is 2. The average Bonchev–Trinajstić information content (AvgIpc) is 3.49. The highest BCUT2D eigenvalue weighted by molar-refractivity contribution is 6.00. The number of hydrogen-bond donors (Lipinski definition) is 2. The van der Waals surface area contributed by atoms with E-state index in [1.807, 2.05) is 61.5 Å². The lowest BCUT2D eigenvalue weighted by atomic mass is 9.83. The van der Waals surface area contributed by atoms with E-state index in [1.165, 1.54) is 0 Å². The summed E-state index contributed by atoms with van der Waals surface area (Å²) in [6.07, 6.45) is 2.26. The van der Waals surface area contributed by atoms with Crippen molar-refractivity contribution in [2.45, 2.75) is 31.9 Å². The molecule has 8 heteroatoms. The van der Waals surface area contributed by atoms with Crippen molar-refractivity contribution in [2.75, 3.05) is 43.2 Å². The van der Waals surface area contributed by atoms with Gasteiger partial charge in [-0.3, -0.25) is 14.5 Å². The molecule has 0 aromatic heterocycles. The highest BCUT2D eigenvalue weighted by Crippen LogP contribution is 2.33. The summed E-state index contributed by atoms with van der Waals surface area (Å²) >= 11 is 0. The molecule has 3 aliphatic rings. The van der Waals surface area contributed by atoms with Crippen LogP contribution in [0, 0.1) is 11.8 Å². The summed E-state index contributed by atoms with van der Waals surface area (Å²) in [6, 6.07) is 16.7. The number of fused-ring (bicyclic) bond motifs is 1. The number of rotatable bonds is 7. The summed E-state index contributed by atoms with van der Waals surface area (Å²) in [5.74, 6) is -0.00290. The van der Waals surface area contributed by atoms with Crippen LogP contribution in [0.3, 0.4) is 0 Å². The Labute approximate surface area is 200 Å². The first kappa shape index (κ1) is 22.8. The van der Waals surface area contributed by atoms with Crippen molar-refractivity contribution >= 4 is 23.2 Å². The molecular formula is C26H32N4O4. The second kappa shape index (κ2) is 10.1. The van der Waals surface area contributed by atoms with Gasteiger partial charge in [0.1, 0.15) is 5.75 Å². The third-order valence-electron chi connectivity index (χ3n) is 6.86. The Morgan fingerprint density at radius 3 is 2.65 bits per heavy atom. The third-order valence-corrected chi connectivity index (χ3v) is 6.86. The summed E-state index contributed by atoms with van der Waals surface area (Å²) in [5, 5.41) is 4.67. The van der Waals surface area contributed by atoms with Gasteiger partial charge in [0.2, 0.25) is 11.8 Å². The van der Waals surface area contributed by atoms with Gasteiger partial charge in [0.25, 0.3) is 0 Å². The van der Waals surface area contributed by atoms with Gasteiger partial charge in [0, 0.05) is 31.9 Å². The highest BCUT2D eigenvalue weighted by Gasteiger charge is 2.51. The van der Waals surface area contributed by atoms with Crippen molar-refractivity contribution in [3.8, 4) is 5.75 Å². The standard InChI is InChI=1S/C26H32N4O4/c1-2-33-20-12-10-18(11-13-20)27-25(31)22-16-29(15-21-9-6-14-34-21)17-23-24(22)28-30(26(23)32)19-7-4-3-5-8-19/h3-5,7-8,10-13,21-24,28H,2,6,9,14-17H2,1H3,(H,27,31). The average molecular weight is 465 g/mol. The van der Waals surface area contributed by atoms with Crippen molar-refractivity contribution in [1.29, 1.82) is 0 Å². The minimum absolute atomic E-state index is 0.00658. The molecule has 0 bridgehead atoms. The molecule has 2 amide bonds. The van der Waals surface area contributed by atoms with Crippen molar-refractivity contribution in [1.82, 2.24) is 10.3 Å². The lowest BCUT2D eigenvalue weighted by Crippen LogP contribution is -2.57. The van der Waals surface area contributed by atoms with Crippen molar-refractivity contribution in [3.63, 3.8) is 0 Å². The number of likely N-dealkylation sites (tertiary alicyclic amines) is 1. The van der Waals surface area contributed by atoms with E-state index >= 15 is 0 Å². The molecule has 0 spiro atoms. The van der Waals surface area contributed by atoms with Gasteiger partial charge in [0.05, 0.1) is 36.3 Å². The molecule has 4 atom stereocenters. The smallest absolute Gasteiger partial charge is 0.247 e. The van der Waals surface area contributed by atoms with E-state index in [2.05, 4.69) is 15.6 Å². The van der Waals surface area contributed by atoms with Crippen LogP contribution in [0.5, 0.6) is 5.75 Å². The fraction of sp³-hybridized carbons (Fsp3) is 0.462. The zero-order valence-corrected chi connectivity index (χ0v) is 19.5. The molecule has 2 aromatic rings. The number of amides is 2. The van der Waals surface area contributed by atoms with Crippen molar-refractivity contribution in [3.05, 3.63) is 54.6 Å². The van der Waals surface area contributed by atoms with E-state index < -0.39 is 0 Å². The molecule has 3 fully saturated rings. The minimum atomic E-state index is -0.385. The van der Waals surface area contributed by atoms with E-state index in [9.17, 15) is 9.59 Å². The van der Waals surface area contributed by atoms with E-state index in [-0.39, 0.29) is 35.8 Å². The lowest BCUT2D eigenvalue weighted by Gasteiger charge is -2.39. The zero-order chi connectivity index (χ0) is 23.5. The Kier molecular flexibility index (Phi) is 6.80. The number of hydrogen-bond acceptors (Lipinski definition) is 6. The van der Waals surface area contributed by atoms with Crippen LogP contribution in [-0.2, 0) is 14.3 Å². The van der Waals surface area contributed by atoms with E-state index in [0.717, 1.165) is 37.4 Å². The molecule has 0 aliphatic carbocycles. The zero-order valence-electron chi connectivity index (χ0n) is 19.5. The molecule has 3 saturated heterocycles. The van der Waals surface area contributed by atoms with Crippen LogP contribution in [0.1, 0.15) is 19.8 Å². The van der Waals surface area contributed by atoms with Gasteiger partial charge < -0.3 is 14.8 Å². The van der Waals surface area contributed by atoms with Gasteiger partial charge in [0.15, 0.2) is 0 Å². The maximum Gasteiger partial charge on any atom is 0.247 e. The van der Waals surface area contributed by atoms with Gasteiger partial charge in [-0.2, -0.15) is 0 Å². The molecule has 0 saturated carbocycles. The summed E-state index contributed by atoms with van der Waals surface area (Å²) in [4.78, 5) is 29.1. The summed E-state index contributed by atoms with van der Waals surface area (Å²) in [7, 11) is 0. The Balaban J connectivity index is 1.35. The Bertz CT molecular complexity index is 994. The number of benzene rings is 2. The van der Waals surface area contributed by atoms with Gasteiger partial charge in [-0.15, -0.1) is 0 Å². The van der Waals surface area contributed by atoms with Crippen LogP contribution >= 0.6 is 0 Å². The molecule has 0 radical (unpaired) electrons. The number of hydrazine groups is 1. The molecular weight excluding hydrogens is 432 g/mol. The molecule has 4 unspecified atom stereocenters. The monoisotopic (exact) mass is 464 g/mol. The highest BCUT2D eigenvalue weighted by atomic mass is 16.5. The number of anilines is 2. The van der Waals surface area contributed by atoms with E-state index in [0.29, 0.717) is 25.4 Å². The molecule has 5 rings (SSSR count). The van der Waals surface area contributed by atoms with Crippen molar-refractivity contribution < 1.29 is 19.1 Å².